The van der Waals surface area contributed by atoms with E-state index in [0.29, 0.717) is 33.4 Å². The molecule has 18 heavy (non-hydrogen) atoms. The molecular formula is C11H11ClN4OS. The Bertz CT molecular complexity index is 584. The predicted molar refractivity (Wildman–Crippen MR) is 73.1 cm³/mol. The maximum atomic E-state index is 12.0. The average Bonchev–Trinajstić information content (AvgIpc) is 2.82. The molecule has 0 atom stereocenters. The quantitative estimate of drug-likeness (QED) is 0.848. The van der Waals surface area contributed by atoms with Crippen molar-refractivity contribution in [1.82, 2.24) is 9.59 Å². The van der Waals surface area contributed by atoms with Gasteiger partial charge >= 0.3 is 0 Å². The molecule has 2 rings (SSSR count). The van der Waals surface area contributed by atoms with Crippen LogP contribution in [0.2, 0.25) is 5.02 Å². The van der Waals surface area contributed by atoms with Gasteiger partial charge in [0.15, 0.2) is 0 Å². The third-order valence-corrected chi connectivity index (χ3v) is 3.45. The van der Waals surface area contributed by atoms with Crippen molar-refractivity contribution in [2.24, 2.45) is 0 Å². The average molecular weight is 283 g/mol. The minimum absolute atomic E-state index is 0.234. The molecule has 0 unspecified atom stereocenters. The molecule has 1 aromatic heterocycles. The Hall–Kier alpha value is -1.66. The number of hydrogen-bond donors (Lipinski definition) is 2. The number of nitrogen functional groups attached to an aromatic ring is 1. The van der Waals surface area contributed by atoms with Crippen molar-refractivity contribution >= 4 is 40.4 Å². The number of benzene rings is 1. The first-order valence-corrected chi connectivity index (χ1v) is 6.44. The molecule has 1 amide bonds. The van der Waals surface area contributed by atoms with Crippen molar-refractivity contribution in [2.45, 2.75) is 13.3 Å². The molecule has 2 aromatic rings. The fraction of sp³-hybridized carbons (Fsp3) is 0.182. The Balaban J connectivity index is 2.19. The summed E-state index contributed by atoms with van der Waals surface area (Å²) in [5, 5.41) is 7.04. The summed E-state index contributed by atoms with van der Waals surface area (Å²) < 4.78 is 3.77. The Labute approximate surface area is 113 Å². The van der Waals surface area contributed by atoms with Gasteiger partial charge in [-0.15, -0.1) is 5.10 Å². The lowest BCUT2D eigenvalue weighted by Crippen LogP contribution is -2.12. The smallest absolute Gasteiger partial charge is 0.269 e. The molecule has 0 saturated carbocycles. The van der Waals surface area contributed by atoms with E-state index >= 15 is 0 Å². The number of rotatable bonds is 3. The summed E-state index contributed by atoms with van der Waals surface area (Å²) in [5.41, 5.74) is 7.36. The van der Waals surface area contributed by atoms with E-state index in [1.807, 2.05) is 6.92 Å². The molecule has 0 saturated heterocycles. The van der Waals surface area contributed by atoms with Crippen LogP contribution in [-0.4, -0.2) is 15.5 Å². The summed E-state index contributed by atoms with van der Waals surface area (Å²) in [6.45, 7) is 1.92. The summed E-state index contributed by atoms with van der Waals surface area (Å²) in [5.74, 6) is -0.234. The second kappa shape index (κ2) is 5.32. The number of aryl methyl sites for hydroxylation is 1. The van der Waals surface area contributed by atoms with Crippen LogP contribution in [0.15, 0.2) is 18.2 Å². The van der Waals surface area contributed by atoms with E-state index in [1.54, 1.807) is 18.2 Å². The molecule has 7 heteroatoms. The molecule has 0 aliphatic heterocycles. The fourth-order valence-corrected chi connectivity index (χ4v) is 2.23. The van der Waals surface area contributed by atoms with E-state index in [4.69, 9.17) is 17.3 Å². The standard InChI is InChI=1S/C11H11ClN4OS/c1-2-9-10(18-16-15-9)11(17)14-6-3-4-8(13)7(12)5-6/h3-5H,2,13H2,1H3,(H,14,17). The highest BCUT2D eigenvalue weighted by Gasteiger charge is 2.15. The van der Waals surface area contributed by atoms with Crippen molar-refractivity contribution in [1.29, 1.82) is 0 Å². The molecular weight excluding hydrogens is 272 g/mol. The molecule has 94 valence electrons. The second-order valence-corrected chi connectivity index (χ2v) is 4.75. The second-order valence-electron chi connectivity index (χ2n) is 3.59. The monoisotopic (exact) mass is 282 g/mol. The van der Waals surface area contributed by atoms with Gasteiger partial charge in [-0.25, -0.2) is 0 Å². The van der Waals surface area contributed by atoms with Crippen LogP contribution in [0.4, 0.5) is 11.4 Å². The number of nitrogens with two attached hydrogens (primary N) is 1. The van der Waals surface area contributed by atoms with E-state index in [9.17, 15) is 4.79 Å². The molecule has 0 bridgehead atoms. The van der Waals surface area contributed by atoms with Crippen LogP contribution in [0.25, 0.3) is 0 Å². The van der Waals surface area contributed by atoms with E-state index in [2.05, 4.69) is 14.9 Å². The van der Waals surface area contributed by atoms with Crippen molar-refractivity contribution in [3.63, 3.8) is 0 Å². The van der Waals surface area contributed by atoms with Gasteiger partial charge in [-0.1, -0.05) is 23.0 Å². The van der Waals surface area contributed by atoms with Crippen LogP contribution >= 0.6 is 23.1 Å². The SMILES string of the molecule is CCc1nnsc1C(=O)Nc1ccc(N)c(Cl)c1. The van der Waals surface area contributed by atoms with Crippen LogP contribution < -0.4 is 11.1 Å². The molecule has 1 heterocycles. The van der Waals surface area contributed by atoms with Crippen LogP contribution in [0, 0.1) is 0 Å². The summed E-state index contributed by atoms with van der Waals surface area (Å²) >= 11 is 6.96. The molecule has 0 aliphatic carbocycles. The van der Waals surface area contributed by atoms with E-state index in [-0.39, 0.29) is 5.91 Å². The van der Waals surface area contributed by atoms with Crippen molar-refractivity contribution in [3.8, 4) is 0 Å². The molecule has 5 nitrogen and oxygen atoms in total. The van der Waals surface area contributed by atoms with Crippen LogP contribution in [-0.2, 0) is 6.42 Å². The number of carbonyl (C=O) groups excluding carboxylic acids is 1. The summed E-state index contributed by atoms with van der Waals surface area (Å²) in [4.78, 5) is 12.5. The van der Waals surface area contributed by atoms with Gasteiger partial charge in [0.1, 0.15) is 4.88 Å². The Morgan fingerprint density at radius 3 is 3.00 bits per heavy atom. The first kappa shape index (κ1) is 12.8. The van der Waals surface area contributed by atoms with Crippen LogP contribution in [0.1, 0.15) is 22.3 Å². The zero-order chi connectivity index (χ0) is 13.1. The third kappa shape index (κ3) is 2.60. The largest absolute Gasteiger partial charge is 0.398 e. The molecule has 0 spiro atoms. The third-order valence-electron chi connectivity index (χ3n) is 2.36. The number of halogens is 1. The molecule has 0 aliphatic rings. The van der Waals surface area contributed by atoms with Crippen LogP contribution in [0.5, 0.6) is 0 Å². The topological polar surface area (TPSA) is 80.9 Å². The fourth-order valence-electron chi connectivity index (χ4n) is 1.41. The lowest BCUT2D eigenvalue weighted by Gasteiger charge is -2.05. The van der Waals surface area contributed by atoms with Gasteiger partial charge in [0.2, 0.25) is 0 Å². The zero-order valence-corrected chi connectivity index (χ0v) is 11.2. The van der Waals surface area contributed by atoms with Crippen molar-refractivity contribution < 1.29 is 4.79 Å². The van der Waals surface area contributed by atoms with Gasteiger partial charge < -0.3 is 11.1 Å². The Morgan fingerprint density at radius 2 is 2.33 bits per heavy atom. The molecule has 1 aromatic carbocycles. The molecule has 3 N–H and O–H groups in total. The number of nitrogens with one attached hydrogen (secondary N) is 1. The highest BCUT2D eigenvalue weighted by atomic mass is 35.5. The van der Waals surface area contributed by atoms with Crippen LogP contribution in [0.3, 0.4) is 0 Å². The minimum Gasteiger partial charge on any atom is -0.398 e. The van der Waals surface area contributed by atoms with E-state index in [0.717, 1.165) is 11.5 Å². The lowest BCUT2D eigenvalue weighted by atomic mass is 10.2. The van der Waals surface area contributed by atoms with Gasteiger partial charge in [0.05, 0.1) is 16.4 Å². The number of nitrogens with zero attached hydrogens (tertiary/aromatic N) is 2. The van der Waals surface area contributed by atoms with E-state index < -0.39 is 0 Å². The maximum Gasteiger partial charge on any atom is 0.269 e. The lowest BCUT2D eigenvalue weighted by molar-refractivity contribution is 0.102. The summed E-state index contributed by atoms with van der Waals surface area (Å²) in [6.07, 6.45) is 0.668. The maximum absolute atomic E-state index is 12.0. The summed E-state index contributed by atoms with van der Waals surface area (Å²) in [7, 11) is 0. The van der Waals surface area contributed by atoms with Gasteiger partial charge in [-0.3, -0.25) is 4.79 Å². The highest BCUT2D eigenvalue weighted by molar-refractivity contribution is 7.08. The predicted octanol–water partition coefficient (Wildman–Crippen LogP) is 2.59. The summed E-state index contributed by atoms with van der Waals surface area (Å²) in [6, 6.07) is 4.94. The molecule has 0 fully saturated rings. The van der Waals surface area contributed by atoms with Gasteiger partial charge in [-0.05, 0) is 36.2 Å². The highest BCUT2D eigenvalue weighted by Crippen LogP contribution is 2.23. The first-order chi connectivity index (χ1) is 8.61. The number of anilines is 2. The number of amides is 1. The van der Waals surface area contributed by atoms with Crippen molar-refractivity contribution in [3.05, 3.63) is 33.8 Å². The Kier molecular flexibility index (Phi) is 3.78. The molecule has 0 radical (unpaired) electrons. The van der Waals surface area contributed by atoms with Gasteiger partial charge in [0.25, 0.3) is 5.91 Å². The normalized spacial score (nSPS) is 10.3. The van der Waals surface area contributed by atoms with Gasteiger partial charge in [0, 0.05) is 5.69 Å². The number of carbonyl (C=O) groups is 1. The minimum atomic E-state index is -0.234. The Morgan fingerprint density at radius 1 is 1.56 bits per heavy atom. The number of hydrogen-bond acceptors (Lipinski definition) is 5. The first-order valence-electron chi connectivity index (χ1n) is 5.29. The van der Waals surface area contributed by atoms with E-state index in [1.165, 1.54) is 0 Å². The number of aromatic nitrogens is 2. The van der Waals surface area contributed by atoms with Gasteiger partial charge in [-0.2, -0.15) is 0 Å². The zero-order valence-electron chi connectivity index (χ0n) is 9.61. The van der Waals surface area contributed by atoms with Crippen molar-refractivity contribution in [2.75, 3.05) is 11.1 Å².